The fraction of sp³-hybridized carbons (Fsp3) is 0.579. The van der Waals surface area contributed by atoms with Gasteiger partial charge in [0, 0.05) is 19.2 Å². The third-order valence-corrected chi connectivity index (χ3v) is 5.43. The van der Waals surface area contributed by atoms with Crippen molar-refractivity contribution in [1.82, 2.24) is 5.32 Å². The van der Waals surface area contributed by atoms with Crippen molar-refractivity contribution >= 4 is 5.57 Å². The number of ether oxygens (including phenoxy) is 1. The Morgan fingerprint density at radius 2 is 2.00 bits per heavy atom. The SMILES string of the molecule is C1=C(c2ccccc2)[C@@H](NCC2CCCO2)C2CCC1C2. The van der Waals surface area contributed by atoms with Crippen molar-refractivity contribution < 1.29 is 4.74 Å². The Labute approximate surface area is 127 Å². The average molecular weight is 283 g/mol. The van der Waals surface area contributed by atoms with Crippen LogP contribution in [-0.4, -0.2) is 25.3 Å². The maximum Gasteiger partial charge on any atom is 0.0700 e. The van der Waals surface area contributed by atoms with Gasteiger partial charge in [-0.1, -0.05) is 36.4 Å². The van der Waals surface area contributed by atoms with Crippen LogP contribution in [0.3, 0.4) is 0 Å². The number of hydrogen-bond donors (Lipinski definition) is 1. The van der Waals surface area contributed by atoms with Crippen molar-refractivity contribution in [2.45, 2.75) is 44.2 Å². The highest BCUT2D eigenvalue weighted by Gasteiger charge is 2.37. The molecule has 0 spiro atoms. The average Bonchev–Trinajstić information content (AvgIpc) is 3.17. The van der Waals surface area contributed by atoms with Gasteiger partial charge in [-0.05, 0) is 55.1 Å². The highest BCUT2D eigenvalue weighted by molar-refractivity contribution is 5.71. The summed E-state index contributed by atoms with van der Waals surface area (Å²) in [4.78, 5) is 0. The second-order valence-electron chi connectivity index (χ2n) is 6.84. The van der Waals surface area contributed by atoms with E-state index in [0.29, 0.717) is 12.1 Å². The number of fused-ring (bicyclic) bond motifs is 2. The fourth-order valence-electron chi connectivity index (χ4n) is 4.37. The summed E-state index contributed by atoms with van der Waals surface area (Å²) in [6.07, 6.45) is 9.55. The number of hydrogen-bond acceptors (Lipinski definition) is 2. The van der Waals surface area contributed by atoms with E-state index in [1.807, 2.05) is 0 Å². The molecular formula is C19H25NO. The van der Waals surface area contributed by atoms with Crippen molar-refractivity contribution in [2.75, 3.05) is 13.2 Å². The molecule has 2 heteroatoms. The summed E-state index contributed by atoms with van der Waals surface area (Å²) < 4.78 is 5.78. The minimum atomic E-state index is 0.432. The fourth-order valence-corrected chi connectivity index (χ4v) is 4.37. The van der Waals surface area contributed by atoms with Crippen molar-refractivity contribution in [1.29, 1.82) is 0 Å². The Kier molecular flexibility index (Phi) is 3.83. The van der Waals surface area contributed by atoms with E-state index in [1.54, 1.807) is 0 Å². The zero-order chi connectivity index (χ0) is 14.1. The zero-order valence-electron chi connectivity index (χ0n) is 12.6. The highest BCUT2D eigenvalue weighted by atomic mass is 16.5. The quantitative estimate of drug-likeness (QED) is 0.911. The van der Waals surface area contributed by atoms with Gasteiger partial charge >= 0.3 is 0 Å². The van der Waals surface area contributed by atoms with Gasteiger partial charge in [0.05, 0.1) is 6.10 Å². The van der Waals surface area contributed by atoms with Gasteiger partial charge in [0.25, 0.3) is 0 Å². The van der Waals surface area contributed by atoms with E-state index in [0.717, 1.165) is 25.0 Å². The normalized spacial score (nSPS) is 35.0. The van der Waals surface area contributed by atoms with E-state index in [4.69, 9.17) is 4.74 Å². The van der Waals surface area contributed by atoms with E-state index in [9.17, 15) is 0 Å². The summed E-state index contributed by atoms with van der Waals surface area (Å²) in [6.45, 7) is 1.96. The van der Waals surface area contributed by atoms with Gasteiger partial charge in [-0.2, -0.15) is 0 Å². The largest absolute Gasteiger partial charge is 0.377 e. The molecule has 4 rings (SSSR count). The monoisotopic (exact) mass is 283 g/mol. The predicted octanol–water partition coefficient (Wildman–Crippen LogP) is 3.64. The van der Waals surface area contributed by atoms with E-state index < -0.39 is 0 Å². The van der Waals surface area contributed by atoms with Crippen LogP contribution in [0.25, 0.3) is 5.57 Å². The molecule has 2 fully saturated rings. The Bertz CT molecular complexity index is 504. The molecule has 3 unspecified atom stereocenters. The lowest BCUT2D eigenvalue weighted by molar-refractivity contribution is 0.107. The summed E-state index contributed by atoms with van der Waals surface area (Å²) >= 11 is 0. The van der Waals surface area contributed by atoms with Gasteiger partial charge in [-0.15, -0.1) is 0 Å². The number of benzene rings is 1. The molecule has 4 atom stereocenters. The molecule has 2 nitrogen and oxygen atoms in total. The summed E-state index contributed by atoms with van der Waals surface area (Å²) in [5.74, 6) is 1.63. The highest BCUT2D eigenvalue weighted by Crippen LogP contribution is 2.44. The third-order valence-electron chi connectivity index (χ3n) is 5.43. The van der Waals surface area contributed by atoms with Crippen LogP contribution in [0.2, 0.25) is 0 Å². The van der Waals surface area contributed by atoms with Gasteiger partial charge < -0.3 is 10.1 Å². The van der Waals surface area contributed by atoms with Crippen LogP contribution in [0, 0.1) is 11.8 Å². The maximum atomic E-state index is 5.78. The Balaban J connectivity index is 1.53. The first kappa shape index (κ1) is 13.5. The van der Waals surface area contributed by atoms with Gasteiger partial charge in [0.1, 0.15) is 0 Å². The second kappa shape index (κ2) is 5.94. The maximum absolute atomic E-state index is 5.78. The van der Waals surface area contributed by atoms with Crippen LogP contribution in [-0.2, 0) is 4.74 Å². The number of allylic oxidation sites excluding steroid dienone is 1. The van der Waals surface area contributed by atoms with E-state index >= 15 is 0 Å². The van der Waals surface area contributed by atoms with Crippen LogP contribution in [0.1, 0.15) is 37.7 Å². The molecule has 21 heavy (non-hydrogen) atoms. The Morgan fingerprint density at radius 3 is 2.81 bits per heavy atom. The zero-order valence-corrected chi connectivity index (χ0v) is 12.6. The summed E-state index contributed by atoms with van der Waals surface area (Å²) in [5.41, 5.74) is 2.94. The molecule has 0 amide bonds. The summed E-state index contributed by atoms with van der Waals surface area (Å²) in [6, 6.07) is 11.5. The summed E-state index contributed by atoms with van der Waals surface area (Å²) in [5, 5.41) is 3.85. The lowest BCUT2D eigenvalue weighted by Crippen LogP contribution is -2.41. The molecule has 1 heterocycles. The van der Waals surface area contributed by atoms with Gasteiger partial charge in [-0.3, -0.25) is 0 Å². The lowest BCUT2D eigenvalue weighted by atomic mass is 9.81. The first-order chi connectivity index (χ1) is 10.4. The van der Waals surface area contributed by atoms with Crippen LogP contribution in [0.5, 0.6) is 0 Å². The van der Waals surface area contributed by atoms with E-state index in [2.05, 4.69) is 41.7 Å². The van der Waals surface area contributed by atoms with Gasteiger partial charge in [0.15, 0.2) is 0 Å². The molecule has 2 aliphatic carbocycles. The molecule has 1 saturated carbocycles. The number of rotatable bonds is 4. The minimum absolute atomic E-state index is 0.432. The molecule has 2 bridgehead atoms. The molecule has 1 aromatic carbocycles. The van der Waals surface area contributed by atoms with E-state index in [-0.39, 0.29) is 0 Å². The third kappa shape index (κ3) is 2.79. The minimum Gasteiger partial charge on any atom is -0.377 e. The van der Waals surface area contributed by atoms with Crippen LogP contribution in [0.15, 0.2) is 36.4 Å². The van der Waals surface area contributed by atoms with Crippen molar-refractivity contribution in [2.24, 2.45) is 11.8 Å². The Hall–Kier alpha value is -1.12. The van der Waals surface area contributed by atoms with Crippen molar-refractivity contribution in [3.05, 3.63) is 42.0 Å². The van der Waals surface area contributed by atoms with E-state index in [1.165, 1.54) is 43.2 Å². The molecule has 1 N–H and O–H groups in total. The summed E-state index contributed by atoms with van der Waals surface area (Å²) in [7, 11) is 0. The molecule has 3 aliphatic rings. The first-order valence-electron chi connectivity index (χ1n) is 8.52. The van der Waals surface area contributed by atoms with Crippen LogP contribution >= 0.6 is 0 Å². The van der Waals surface area contributed by atoms with Crippen LogP contribution < -0.4 is 5.32 Å². The topological polar surface area (TPSA) is 21.3 Å². The molecule has 0 aromatic heterocycles. The van der Waals surface area contributed by atoms with Gasteiger partial charge in [0.2, 0.25) is 0 Å². The smallest absolute Gasteiger partial charge is 0.0700 e. The molecule has 0 radical (unpaired) electrons. The molecule has 1 aliphatic heterocycles. The Morgan fingerprint density at radius 1 is 1.10 bits per heavy atom. The van der Waals surface area contributed by atoms with Crippen LogP contribution in [0.4, 0.5) is 0 Å². The first-order valence-corrected chi connectivity index (χ1v) is 8.52. The predicted molar refractivity (Wildman–Crippen MR) is 86.0 cm³/mol. The molecular weight excluding hydrogens is 258 g/mol. The van der Waals surface area contributed by atoms with Crippen molar-refractivity contribution in [3.63, 3.8) is 0 Å². The lowest BCUT2D eigenvalue weighted by Gasteiger charge is -2.32. The molecule has 1 aromatic rings. The second-order valence-corrected chi connectivity index (χ2v) is 6.84. The standard InChI is InChI=1S/C19H25NO/c1-2-5-15(6-3-1)18-12-14-8-9-16(11-14)19(18)20-13-17-7-4-10-21-17/h1-3,5-6,12,14,16-17,19-20H,4,7-11,13H2/t14?,16?,17?,19-/m0/s1. The number of nitrogens with one attached hydrogen (secondary N) is 1. The van der Waals surface area contributed by atoms with Gasteiger partial charge in [-0.25, -0.2) is 0 Å². The van der Waals surface area contributed by atoms with Crippen molar-refractivity contribution in [3.8, 4) is 0 Å². The molecule has 112 valence electrons. The molecule has 1 saturated heterocycles.